The summed E-state index contributed by atoms with van der Waals surface area (Å²) in [5.41, 5.74) is 1.03. The van der Waals surface area contributed by atoms with Crippen molar-refractivity contribution in [3.63, 3.8) is 0 Å². The molecule has 0 atom stereocenters. The topological polar surface area (TPSA) is 73.3 Å². The molecule has 0 saturated heterocycles. The Morgan fingerprint density at radius 2 is 1.90 bits per heavy atom. The molecule has 2 N–H and O–H groups in total. The zero-order chi connectivity index (χ0) is 20.0. The van der Waals surface area contributed by atoms with E-state index in [0.717, 1.165) is 42.4 Å². The fraction of sp³-hybridized carbons (Fsp3) is 0.667. The third-order valence-electron chi connectivity index (χ3n) is 4.59. The van der Waals surface area contributed by atoms with E-state index in [1.807, 2.05) is 25.1 Å². The Morgan fingerprint density at radius 3 is 2.59 bits per heavy atom. The van der Waals surface area contributed by atoms with Gasteiger partial charge in [-0.1, -0.05) is 12.1 Å². The van der Waals surface area contributed by atoms with Crippen LogP contribution < -0.4 is 20.1 Å². The maximum atomic E-state index is 6.29. The molecule has 0 unspecified atom stereocenters. The van der Waals surface area contributed by atoms with E-state index in [4.69, 9.17) is 23.9 Å². The van der Waals surface area contributed by atoms with Crippen LogP contribution in [0.4, 0.5) is 0 Å². The first kappa shape index (κ1) is 25.8. The lowest BCUT2D eigenvalue weighted by molar-refractivity contribution is 0.0733. The maximum absolute atomic E-state index is 6.29. The number of nitrogens with one attached hydrogen (secondary N) is 2. The number of hydrogen-bond donors (Lipinski definition) is 2. The van der Waals surface area contributed by atoms with Crippen LogP contribution in [0.3, 0.4) is 0 Å². The molecule has 0 bridgehead atoms. The Balaban J connectivity index is 0.00000420. The molecule has 1 saturated carbocycles. The first-order valence-electron chi connectivity index (χ1n) is 10.2. The van der Waals surface area contributed by atoms with Crippen molar-refractivity contribution in [3.05, 3.63) is 23.8 Å². The van der Waals surface area contributed by atoms with E-state index < -0.39 is 0 Å². The van der Waals surface area contributed by atoms with Gasteiger partial charge in [0.25, 0.3) is 0 Å². The fourth-order valence-electron chi connectivity index (χ4n) is 3.15. The highest BCUT2D eigenvalue weighted by molar-refractivity contribution is 14.0. The van der Waals surface area contributed by atoms with E-state index in [1.54, 1.807) is 14.2 Å². The Bertz CT molecular complexity index is 595. The molecule has 0 aliphatic heterocycles. The standard InChI is InChI=1S/C21H35N3O4.HI/c1-4-22-21(23-12-13-27-15-14-25-2)24-16-17-8-7-11-19(26-3)20(17)28-18-9-5-6-10-18;/h7-8,11,18H,4-6,9-10,12-16H2,1-3H3,(H2,22,23,24);1H. The van der Waals surface area contributed by atoms with Crippen molar-refractivity contribution < 1.29 is 18.9 Å². The highest BCUT2D eigenvalue weighted by Gasteiger charge is 2.20. The van der Waals surface area contributed by atoms with Crippen molar-refractivity contribution in [2.75, 3.05) is 47.1 Å². The summed E-state index contributed by atoms with van der Waals surface area (Å²) in [4.78, 5) is 4.71. The van der Waals surface area contributed by atoms with Crippen LogP contribution in [0, 0.1) is 0 Å². The van der Waals surface area contributed by atoms with E-state index in [1.165, 1.54) is 12.8 Å². The van der Waals surface area contributed by atoms with Crippen LogP contribution in [0.15, 0.2) is 23.2 Å². The number of nitrogens with zero attached hydrogens (tertiary/aromatic N) is 1. The quantitative estimate of drug-likeness (QED) is 0.190. The molecule has 0 amide bonds. The van der Waals surface area contributed by atoms with Gasteiger partial charge < -0.3 is 29.6 Å². The summed E-state index contributed by atoms with van der Waals surface area (Å²) >= 11 is 0. The Hall–Kier alpha value is -1.26. The second kappa shape index (κ2) is 15.6. The maximum Gasteiger partial charge on any atom is 0.191 e. The van der Waals surface area contributed by atoms with Crippen molar-refractivity contribution in [2.24, 2.45) is 4.99 Å². The van der Waals surface area contributed by atoms with Gasteiger partial charge in [-0.15, -0.1) is 24.0 Å². The molecule has 8 heteroatoms. The summed E-state index contributed by atoms with van der Waals surface area (Å²) in [6, 6.07) is 5.97. The summed E-state index contributed by atoms with van der Waals surface area (Å²) in [6.45, 7) is 5.83. The Kier molecular flexibility index (Phi) is 13.8. The van der Waals surface area contributed by atoms with Gasteiger partial charge in [0.15, 0.2) is 17.5 Å². The van der Waals surface area contributed by atoms with Gasteiger partial charge in [-0.2, -0.15) is 0 Å². The summed E-state index contributed by atoms with van der Waals surface area (Å²) in [7, 11) is 3.35. The molecular weight excluding hydrogens is 485 g/mol. The molecule has 0 spiro atoms. The molecule has 1 aromatic rings. The lowest BCUT2D eigenvalue weighted by Crippen LogP contribution is -2.39. The molecular formula is C21H36IN3O4. The first-order chi connectivity index (χ1) is 13.8. The van der Waals surface area contributed by atoms with Crippen LogP contribution in [0.25, 0.3) is 0 Å². The number of benzene rings is 1. The minimum Gasteiger partial charge on any atom is -0.493 e. The molecule has 1 aromatic carbocycles. The van der Waals surface area contributed by atoms with E-state index in [-0.39, 0.29) is 30.1 Å². The van der Waals surface area contributed by atoms with Gasteiger partial charge in [-0.3, -0.25) is 0 Å². The van der Waals surface area contributed by atoms with Gasteiger partial charge >= 0.3 is 0 Å². The second-order valence-corrected chi connectivity index (χ2v) is 6.70. The van der Waals surface area contributed by atoms with Gasteiger partial charge in [-0.05, 0) is 38.7 Å². The molecule has 0 aromatic heterocycles. The van der Waals surface area contributed by atoms with Gasteiger partial charge in [-0.25, -0.2) is 4.99 Å². The predicted molar refractivity (Wildman–Crippen MR) is 127 cm³/mol. The van der Waals surface area contributed by atoms with Crippen LogP contribution in [0.5, 0.6) is 11.5 Å². The molecule has 0 radical (unpaired) electrons. The van der Waals surface area contributed by atoms with Crippen LogP contribution in [0.1, 0.15) is 38.2 Å². The third-order valence-corrected chi connectivity index (χ3v) is 4.59. The smallest absolute Gasteiger partial charge is 0.191 e. The number of methoxy groups -OCH3 is 2. The van der Waals surface area contributed by atoms with Crippen LogP contribution >= 0.6 is 24.0 Å². The summed E-state index contributed by atoms with van der Waals surface area (Å²) in [6.07, 6.45) is 4.94. The SMILES string of the molecule is CCNC(=NCc1cccc(OC)c1OC1CCCC1)NCCOCCOC.I. The number of halogens is 1. The van der Waals surface area contributed by atoms with Crippen molar-refractivity contribution in [3.8, 4) is 11.5 Å². The number of aliphatic imine (C=N–C) groups is 1. The van der Waals surface area contributed by atoms with Crippen LogP contribution in [-0.4, -0.2) is 59.2 Å². The Labute approximate surface area is 191 Å². The zero-order valence-corrected chi connectivity index (χ0v) is 20.2. The largest absolute Gasteiger partial charge is 0.493 e. The lowest BCUT2D eigenvalue weighted by Gasteiger charge is -2.19. The van der Waals surface area contributed by atoms with Crippen molar-refractivity contribution in [1.82, 2.24) is 10.6 Å². The lowest BCUT2D eigenvalue weighted by atomic mass is 10.1. The second-order valence-electron chi connectivity index (χ2n) is 6.70. The minimum atomic E-state index is 0. The third kappa shape index (κ3) is 9.39. The summed E-state index contributed by atoms with van der Waals surface area (Å²) in [5, 5.41) is 6.55. The van der Waals surface area contributed by atoms with Crippen molar-refractivity contribution in [1.29, 1.82) is 0 Å². The van der Waals surface area contributed by atoms with Gasteiger partial charge in [0.2, 0.25) is 0 Å². The summed E-state index contributed by atoms with van der Waals surface area (Å²) < 4.78 is 22.3. The van der Waals surface area contributed by atoms with Gasteiger partial charge in [0.1, 0.15) is 0 Å². The number of ether oxygens (including phenoxy) is 4. The first-order valence-corrected chi connectivity index (χ1v) is 10.2. The molecule has 1 fully saturated rings. The van der Waals surface area contributed by atoms with Crippen LogP contribution in [0.2, 0.25) is 0 Å². The van der Waals surface area contributed by atoms with E-state index >= 15 is 0 Å². The highest BCUT2D eigenvalue weighted by Crippen LogP contribution is 2.35. The van der Waals surface area contributed by atoms with E-state index in [9.17, 15) is 0 Å². The van der Waals surface area contributed by atoms with Gasteiger partial charge in [0, 0.05) is 25.8 Å². The van der Waals surface area contributed by atoms with Crippen LogP contribution in [-0.2, 0) is 16.0 Å². The molecule has 2 rings (SSSR count). The monoisotopic (exact) mass is 521 g/mol. The van der Waals surface area contributed by atoms with Crippen molar-refractivity contribution in [2.45, 2.75) is 45.3 Å². The molecule has 1 aliphatic carbocycles. The highest BCUT2D eigenvalue weighted by atomic mass is 127. The molecule has 0 heterocycles. The number of rotatable bonds is 12. The molecule has 166 valence electrons. The number of hydrogen-bond acceptors (Lipinski definition) is 5. The molecule has 1 aliphatic rings. The Morgan fingerprint density at radius 1 is 1.10 bits per heavy atom. The number of para-hydroxylation sites is 1. The molecule has 7 nitrogen and oxygen atoms in total. The summed E-state index contributed by atoms with van der Waals surface area (Å²) in [5.74, 6) is 2.34. The average Bonchev–Trinajstić information content (AvgIpc) is 3.22. The van der Waals surface area contributed by atoms with Gasteiger partial charge in [0.05, 0.1) is 39.6 Å². The van der Waals surface area contributed by atoms with E-state index in [2.05, 4.69) is 10.6 Å². The molecule has 29 heavy (non-hydrogen) atoms. The van der Waals surface area contributed by atoms with E-state index in [0.29, 0.717) is 32.9 Å². The van der Waals surface area contributed by atoms with Crippen molar-refractivity contribution >= 4 is 29.9 Å². The minimum absolute atomic E-state index is 0. The zero-order valence-electron chi connectivity index (χ0n) is 17.9. The number of guanidine groups is 1. The normalized spacial score (nSPS) is 14.4. The predicted octanol–water partition coefficient (Wildman–Crippen LogP) is 3.35. The average molecular weight is 521 g/mol. The fourth-order valence-corrected chi connectivity index (χ4v) is 3.15.